The van der Waals surface area contributed by atoms with Crippen LogP contribution >= 0.6 is 0 Å². The van der Waals surface area contributed by atoms with Crippen molar-refractivity contribution in [1.29, 1.82) is 0 Å². The standard InChI is InChI=1S/C26H23F2N3O4/c1-14(29-25(34)23(32)15-11-16(27)13-17(28)12-15)24(33)30-22-20-9-4-3-7-18(20)19-8-5-6-10-21(19)31(2)26(22)35/h3-14,22-23,32H,1-2H3,(H,29,34)(H,30,33)/t14-,22+,23+/m1/s1. The molecule has 3 atom stereocenters. The third kappa shape index (κ3) is 4.76. The van der Waals surface area contributed by atoms with Crippen molar-refractivity contribution in [3.05, 3.63) is 89.5 Å². The van der Waals surface area contributed by atoms with Gasteiger partial charge in [-0.1, -0.05) is 42.5 Å². The van der Waals surface area contributed by atoms with Crippen LogP contribution in [0.2, 0.25) is 0 Å². The van der Waals surface area contributed by atoms with Crippen LogP contribution in [0.4, 0.5) is 14.5 Å². The Morgan fingerprint density at radius 3 is 2.23 bits per heavy atom. The molecule has 9 heteroatoms. The van der Waals surface area contributed by atoms with Crippen molar-refractivity contribution in [3.8, 4) is 11.1 Å². The number of halogens is 2. The van der Waals surface area contributed by atoms with Crippen molar-refractivity contribution < 1.29 is 28.3 Å². The van der Waals surface area contributed by atoms with Crippen molar-refractivity contribution in [3.63, 3.8) is 0 Å². The van der Waals surface area contributed by atoms with Gasteiger partial charge in [0.15, 0.2) is 6.10 Å². The number of carbonyl (C=O) groups excluding carboxylic acids is 3. The van der Waals surface area contributed by atoms with Gasteiger partial charge in [-0.3, -0.25) is 14.4 Å². The second kappa shape index (κ2) is 9.63. The molecule has 180 valence electrons. The van der Waals surface area contributed by atoms with Gasteiger partial charge >= 0.3 is 0 Å². The molecule has 3 aromatic rings. The van der Waals surface area contributed by atoms with Gasteiger partial charge in [-0.15, -0.1) is 0 Å². The summed E-state index contributed by atoms with van der Waals surface area (Å²) in [5.74, 6) is -3.97. The number of nitrogens with zero attached hydrogens (tertiary/aromatic N) is 1. The predicted octanol–water partition coefficient (Wildman–Crippen LogP) is 3.00. The number of amides is 3. The van der Waals surface area contributed by atoms with Crippen LogP contribution in [-0.4, -0.2) is 35.9 Å². The average Bonchev–Trinajstić information content (AvgIpc) is 2.92. The van der Waals surface area contributed by atoms with Crippen LogP contribution in [-0.2, 0) is 14.4 Å². The summed E-state index contributed by atoms with van der Waals surface area (Å²) >= 11 is 0. The number of aliphatic hydroxyl groups excluding tert-OH is 1. The molecule has 4 rings (SSSR count). The molecule has 1 aliphatic heterocycles. The Morgan fingerprint density at radius 1 is 0.943 bits per heavy atom. The fourth-order valence-electron chi connectivity index (χ4n) is 4.08. The topological polar surface area (TPSA) is 98.7 Å². The van der Waals surface area contributed by atoms with E-state index in [1.54, 1.807) is 19.2 Å². The number of likely N-dealkylation sites (N-methyl/N-ethyl adjacent to an activating group) is 1. The zero-order chi connectivity index (χ0) is 25.3. The van der Waals surface area contributed by atoms with Crippen molar-refractivity contribution in [2.45, 2.75) is 25.1 Å². The van der Waals surface area contributed by atoms with Gasteiger partial charge in [-0.2, -0.15) is 0 Å². The first-order chi connectivity index (χ1) is 16.7. The Hall–Kier alpha value is -4.11. The Morgan fingerprint density at radius 2 is 1.54 bits per heavy atom. The molecule has 1 aliphatic rings. The van der Waals surface area contributed by atoms with Gasteiger partial charge in [0.25, 0.3) is 11.8 Å². The van der Waals surface area contributed by atoms with Gasteiger partial charge in [0.05, 0.1) is 5.69 Å². The van der Waals surface area contributed by atoms with E-state index in [-0.39, 0.29) is 11.5 Å². The normalized spacial score (nSPS) is 16.4. The molecule has 0 unspecified atom stereocenters. The number of carbonyl (C=O) groups is 3. The molecule has 7 nitrogen and oxygen atoms in total. The van der Waals surface area contributed by atoms with E-state index < -0.39 is 41.6 Å². The van der Waals surface area contributed by atoms with Crippen molar-refractivity contribution >= 4 is 23.4 Å². The summed E-state index contributed by atoms with van der Waals surface area (Å²) in [6.45, 7) is 1.37. The number of rotatable bonds is 5. The van der Waals surface area contributed by atoms with Gasteiger partial charge in [0.2, 0.25) is 5.91 Å². The summed E-state index contributed by atoms with van der Waals surface area (Å²) in [4.78, 5) is 40.2. The van der Waals surface area contributed by atoms with Gasteiger partial charge in [-0.25, -0.2) is 8.78 Å². The number of para-hydroxylation sites is 1. The summed E-state index contributed by atoms with van der Waals surface area (Å²) < 4.78 is 26.9. The molecule has 0 aliphatic carbocycles. The lowest BCUT2D eigenvalue weighted by Gasteiger charge is -2.24. The largest absolute Gasteiger partial charge is 0.378 e. The quantitative estimate of drug-likeness (QED) is 0.524. The minimum absolute atomic E-state index is 0.292. The highest BCUT2D eigenvalue weighted by atomic mass is 19.1. The monoisotopic (exact) mass is 479 g/mol. The fourth-order valence-corrected chi connectivity index (χ4v) is 4.08. The van der Waals surface area contributed by atoms with Crippen LogP contribution in [0.25, 0.3) is 11.1 Å². The van der Waals surface area contributed by atoms with Crippen LogP contribution < -0.4 is 15.5 Å². The maximum Gasteiger partial charge on any atom is 0.254 e. The first-order valence-electron chi connectivity index (χ1n) is 10.9. The average molecular weight is 479 g/mol. The maximum absolute atomic E-state index is 13.4. The van der Waals surface area contributed by atoms with Crippen molar-refractivity contribution in [2.75, 3.05) is 11.9 Å². The van der Waals surface area contributed by atoms with E-state index in [0.29, 0.717) is 17.3 Å². The second-order valence-corrected chi connectivity index (χ2v) is 8.28. The molecule has 3 N–H and O–H groups in total. The Bertz CT molecular complexity index is 1290. The Kier molecular flexibility index (Phi) is 6.61. The molecule has 1 heterocycles. The number of hydrogen-bond donors (Lipinski definition) is 3. The molecule has 0 spiro atoms. The van der Waals surface area contributed by atoms with E-state index >= 15 is 0 Å². The molecule has 0 bridgehead atoms. The third-order valence-electron chi connectivity index (χ3n) is 5.89. The van der Waals surface area contributed by atoms with Gasteiger partial charge in [0.1, 0.15) is 23.7 Å². The maximum atomic E-state index is 13.4. The summed E-state index contributed by atoms with van der Waals surface area (Å²) in [6, 6.07) is 14.7. The van der Waals surface area contributed by atoms with Crippen LogP contribution in [0.15, 0.2) is 66.7 Å². The highest BCUT2D eigenvalue weighted by Crippen LogP contribution is 2.39. The minimum atomic E-state index is -1.89. The molecular formula is C26H23F2N3O4. The minimum Gasteiger partial charge on any atom is -0.378 e. The zero-order valence-electron chi connectivity index (χ0n) is 19.0. The van der Waals surface area contributed by atoms with E-state index in [1.165, 1.54) is 11.8 Å². The zero-order valence-corrected chi connectivity index (χ0v) is 19.0. The molecular weight excluding hydrogens is 456 g/mol. The number of anilines is 1. The molecule has 0 saturated heterocycles. The van der Waals surface area contributed by atoms with Crippen LogP contribution in [0, 0.1) is 11.6 Å². The fraction of sp³-hybridized carbons (Fsp3) is 0.192. The summed E-state index contributed by atoms with van der Waals surface area (Å²) in [6.07, 6.45) is -1.89. The number of hydrogen-bond acceptors (Lipinski definition) is 4. The summed E-state index contributed by atoms with van der Waals surface area (Å²) in [5.41, 5.74) is 2.61. The molecule has 3 amide bonds. The molecule has 0 radical (unpaired) electrons. The number of aliphatic hydroxyl groups is 1. The van der Waals surface area contributed by atoms with Crippen LogP contribution in [0.1, 0.15) is 30.2 Å². The highest BCUT2D eigenvalue weighted by molar-refractivity contribution is 6.06. The van der Waals surface area contributed by atoms with Crippen LogP contribution in [0.5, 0.6) is 0 Å². The molecule has 0 saturated carbocycles. The van der Waals surface area contributed by atoms with Crippen molar-refractivity contribution in [1.82, 2.24) is 10.6 Å². The lowest BCUT2D eigenvalue weighted by atomic mass is 9.95. The number of fused-ring (bicyclic) bond motifs is 3. The number of nitrogens with one attached hydrogen (secondary N) is 2. The summed E-state index contributed by atoms with van der Waals surface area (Å²) in [5, 5.41) is 15.2. The Balaban J connectivity index is 1.54. The molecule has 0 fully saturated rings. The Labute approximate surface area is 200 Å². The first-order valence-corrected chi connectivity index (χ1v) is 10.9. The van der Waals surface area contributed by atoms with Gasteiger partial charge < -0.3 is 20.6 Å². The van der Waals surface area contributed by atoms with E-state index in [9.17, 15) is 28.3 Å². The smallest absolute Gasteiger partial charge is 0.254 e. The second-order valence-electron chi connectivity index (χ2n) is 8.28. The van der Waals surface area contributed by atoms with Gasteiger partial charge in [0, 0.05) is 18.7 Å². The first kappa shape index (κ1) is 24.0. The van der Waals surface area contributed by atoms with E-state index in [1.807, 2.05) is 36.4 Å². The van der Waals surface area contributed by atoms with Gasteiger partial charge in [-0.05, 0) is 41.8 Å². The highest BCUT2D eigenvalue weighted by Gasteiger charge is 2.34. The third-order valence-corrected chi connectivity index (χ3v) is 5.89. The lowest BCUT2D eigenvalue weighted by molar-refractivity contribution is -0.134. The number of benzene rings is 3. The molecule has 0 aromatic heterocycles. The summed E-state index contributed by atoms with van der Waals surface area (Å²) in [7, 11) is 1.62. The van der Waals surface area contributed by atoms with E-state index in [2.05, 4.69) is 10.6 Å². The molecule has 3 aromatic carbocycles. The van der Waals surface area contributed by atoms with Crippen molar-refractivity contribution in [2.24, 2.45) is 0 Å². The van der Waals surface area contributed by atoms with E-state index in [0.717, 1.165) is 23.3 Å². The van der Waals surface area contributed by atoms with Crippen LogP contribution in [0.3, 0.4) is 0 Å². The lowest BCUT2D eigenvalue weighted by Crippen LogP contribution is -2.49. The predicted molar refractivity (Wildman–Crippen MR) is 125 cm³/mol. The molecule has 35 heavy (non-hydrogen) atoms. The van der Waals surface area contributed by atoms with E-state index in [4.69, 9.17) is 0 Å². The SMILES string of the molecule is C[C@@H](NC(=O)[C@@H](O)c1cc(F)cc(F)c1)C(=O)N[C@@H]1C(=O)N(C)c2ccccc2-c2ccccc21.